The molecule has 1 unspecified atom stereocenters. The number of likely N-dealkylation sites (tertiary alicyclic amines) is 1. The topological polar surface area (TPSA) is 63.7 Å². The zero-order valence-electron chi connectivity index (χ0n) is 17.4. The van der Waals surface area contributed by atoms with Gasteiger partial charge in [0.2, 0.25) is 5.91 Å². The second kappa shape index (κ2) is 10.8. The fraction of sp³-hybridized carbons (Fsp3) is 0.478. The fourth-order valence-corrected chi connectivity index (χ4v) is 3.89. The Bertz CT molecular complexity index is 782. The van der Waals surface area contributed by atoms with E-state index in [1.165, 1.54) is 18.4 Å². The Hall–Kier alpha value is -2.60. The lowest BCUT2D eigenvalue weighted by molar-refractivity contribution is -0.121. The van der Waals surface area contributed by atoms with Gasteiger partial charge in [0.05, 0.1) is 14.2 Å². The first kappa shape index (κ1) is 21.1. The molecule has 1 aliphatic heterocycles. The number of methoxy groups -OCH3 is 2. The minimum absolute atomic E-state index is 0.0918. The molecule has 29 heavy (non-hydrogen) atoms. The number of ether oxygens (including phenoxy) is 2. The molecule has 1 aromatic heterocycles. The minimum atomic E-state index is 0.0918. The van der Waals surface area contributed by atoms with Crippen LogP contribution in [-0.4, -0.2) is 43.1 Å². The van der Waals surface area contributed by atoms with Crippen LogP contribution in [0.5, 0.6) is 11.5 Å². The first-order chi connectivity index (χ1) is 14.2. The van der Waals surface area contributed by atoms with Gasteiger partial charge in [-0.1, -0.05) is 0 Å². The number of benzene rings is 1. The van der Waals surface area contributed by atoms with Crippen LogP contribution in [0.3, 0.4) is 0 Å². The van der Waals surface area contributed by atoms with E-state index in [0.717, 1.165) is 43.1 Å². The summed E-state index contributed by atoms with van der Waals surface area (Å²) < 4.78 is 10.6. The number of nitrogens with one attached hydrogen (secondary N) is 1. The molecular formula is C23H31N3O3. The van der Waals surface area contributed by atoms with Crippen LogP contribution in [0, 0.1) is 5.92 Å². The van der Waals surface area contributed by atoms with Crippen LogP contribution < -0.4 is 14.8 Å². The van der Waals surface area contributed by atoms with E-state index in [2.05, 4.69) is 27.3 Å². The van der Waals surface area contributed by atoms with Crippen molar-refractivity contribution in [2.75, 3.05) is 27.3 Å². The number of nitrogens with zero attached hydrogens (tertiary/aromatic N) is 2. The molecule has 1 fully saturated rings. The number of piperidine rings is 1. The second-order valence-electron chi connectivity index (χ2n) is 7.59. The van der Waals surface area contributed by atoms with E-state index < -0.39 is 0 Å². The summed E-state index contributed by atoms with van der Waals surface area (Å²) in [7, 11) is 3.25. The highest BCUT2D eigenvalue weighted by Crippen LogP contribution is 2.25. The van der Waals surface area contributed by atoms with E-state index in [1.807, 2.05) is 30.6 Å². The molecule has 6 nitrogen and oxygen atoms in total. The Morgan fingerprint density at radius 2 is 2.03 bits per heavy atom. The van der Waals surface area contributed by atoms with Crippen LogP contribution in [0.15, 0.2) is 42.7 Å². The van der Waals surface area contributed by atoms with E-state index in [-0.39, 0.29) is 5.91 Å². The average molecular weight is 398 g/mol. The largest absolute Gasteiger partial charge is 0.497 e. The smallest absolute Gasteiger partial charge is 0.220 e. The molecule has 2 aromatic rings. The summed E-state index contributed by atoms with van der Waals surface area (Å²) in [6.45, 7) is 3.61. The molecule has 1 aliphatic rings. The lowest BCUT2D eigenvalue weighted by Gasteiger charge is -2.32. The van der Waals surface area contributed by atoms with E-state index in [4.69, 9.17) is 9.47 Å². The van der Waals surface area contributed by atoms with Crippen molar-refractivity contribution in [2.24, 2.45) is 5.92 Å². The summed E-state index contributed by atoms with van der Waals surface area (Å²) in [5.74, 6) is 2.13. The number of pyridine rings is 1. The number of carbonyl (C=O) groups is 1. The van der Waals surface area contributed by atoms with E-state index in [1.54, 1.807) is 14.2 Å². The second-order valence-corrected chi connectivity index (χ2v) is 7.59. The van der Waals surface area contributed by atoms with Gasteiger partial charge in [0.15, 0.2) is 0 Å². The molecule has 2 heterocycles. The van der Waals surface area contributed by atoms with E-state index in [0.29, 0.717) is 18.9 Å². The van der Waals surface area contributed by atoms with E-state index in [9.17, 15) is 4.79 Å². The number of carbonyl (C=O) groups excluding carboxylic acids is 1. The maximum Gasteiger partial charge on any atom is 0.220 e. The Balaban J connectivity index is 1.42. The molecule has 1 saturated heterocycles. The van der Waals surface area contributed by atoms with Gasteiger partial charge in [0.1, 0.15) is 11.5 Å². The van der Waals surface area contributed by atoms with Gasteiger partial charge in [0, 0.05) is 50.1 Å². The maximum atomic E-state index is 12.4. The lowest BCUT2D eigenvalue weighted by Crippen LogP contribution is -2.35. The quantitative estimate of drug-likeness (QED) is 0.703. The lowest BCUT2D eigenvalue weighted by atomic mass is 9.93. The third-order valence-corrected chi connectivity index (χ3v) is 5.51. The van der Waals surface area contributed by atoms with Crippen LogP contribution in [0.2, 0.25) is 0 Å². The molecule has 0 bridgehead atoms. The third-order valence-electron chi connectivity index (χ3n) is 5.51. The van der Waals surface area contributed by atoms with E-state index >= 15 is 0 Å². The molecule has 1 atom stereocenters. The number of hydrogen-bond acceptors (Lipinski definition) is 5. The van der Waals surface area contributed by atoms with Crippen molar-refractivity contribution in [3.63, 3.8) is 0 Å². The molecule has 156 valence electrons. The van der Waals surface area contributed by atoms with Crippen molar-refractivity contribution in [1.29, 1.82) is 0 Å². The van der Waals surface area contributed by atoms with Crippen molar-refractivity contribution in [3.05, 3.63) is 53.9 Å². The van der Waals surface area contributed by atoms with Gasteiger partial charge in [-0.3, -0.25) is 14.7 Å². The Morgan fingerprint density at radius 3 is 2.79 bits per heavy atom. The van der Waals surface area contributed by atoms with Crippen LogP contribution in [0.4, 0.5) is 0 Å². The summed E-state index contributed by atoms with van der Waals surface area (Å²) in [6.07, 6.45) is 7.58. The van der Waals surface area contributed by atoms with Crippen molar-refractivity contribution in [1.82, 2.24) is 15.2 Å². The van der Waals surface area contributed by atoms with Crippen LogP contribution in [-0.2, 0) is 17.9 Å². The predicted octanol–water partition coefficient (Wildman–Crippen LogP) is 3.41. The van der Waals surface area contributed by atoms with Gasteiger partial charge >= 0.3 is 0 Å². The summed E-state index contributed by atoms with van der Waals surface area (Å²) in [5.41, 5.74) is 2.25. The first-order valence-corrected chi connectivity index (χ1v) is 10.3. The maximum absolute atomic E-state index is 12.4. The average Bonchev–Trinajstić information content (AvgIpc) is 2.77. The molecule has 0 aliphatic carbocycles. The number of hydrogen-bond donors (Lipinski definition) is 1. The molecule has 1 aromatic carbocycles. The molecule has 0 spiro atoms. The molecule has 0 radical (unpaired) electrons. The zero-order valence-corrected chi connectivity index (χ0v) is 17.4. The van der Waals surface area contributed by atoms with Crippen molar-refractivity contribution in [3.8, 4) is 11.5 Å². The van der Waals surface area contributed by atoms with Gasteiger partial charge in [-0.15, -0.1) is 0 Å². The van der Waals surface area contributed by atoms with Gasteiger partial charge in [0.25, 0.3) is 0 Å². The summed E-state index contributed by atoms with van der Waals surface area (Å²) in [6, 6.07) is 9.79. The molecule has 6 heteroatoms. The normalized spacial score (nSPS) is 17.0. The molecule has 3 rings (SSSR count). The highest BCUT2D eigenvalue weighted by Gasteiger charge is 2.20. The number of amides is 1. The van der Waals surface area contributed by atoms with Crippen LogP contribution >= 0.6 is 0 Å². The highest BCUT2D eigenvalue weighted by molar-refractivity contribution is 5.75. The van der Waals surface area contributed by atoms with Gasteiger partial charge in [-0.05, 0) is 61.6 Å². The Labute approximate surface area is 173 Å². The zero-order chi connectivity index (χ0) is 20.5. The fourth-order valence-electron chi connectivity index (χ4n) is 3.89. The monoisotopic (exact) mass is 397 g/mol. The van der Waals surface area contributed by atoms with Gasteiger partial charge < -0.3 is 14.8 Å². The predicted molar refractivity (Wildman–Crippen MR) is 113 cm³/mol. The van der Waals surface area contributed by atoms with Crippen LogP contribution in [0.25, 0.3) is 0 Å². The number of rotatable bonds is 9. The minimum Gasteiger partial charge on any atom is -0.497 e. The molecule has 1 N–H and O–H groups in total. The summed E-state index contributed by atoms with van der Waals surface area (Å²) in [5, 5.41) is 3.02. The molecule has 1 amide bonds. The molecular weight excluding hydrogens is 366 g/mol. The van der Waals surface area contributed by atoms with Gasteiger partial charge in [-0.2, -0.15) is 0 Å². The van der Waals surface area contributed by atoms with Crippen molar-refractivity contribution in [2.45, 2.75) is 38.8 Å². The standard InChI is InChI=1S/C23H31N3O3/c1-28-21-7-6-20(22(14-21)29-2)15-25-23(27)8-5-18-4-3-13-26(16-18)17-19-9-11-24-12-10-19/h6-7,9-12,14,18H,3-5,8,13,15-17H2,1-2H3,(H,25,27). The number of aromatic nitrogens is 1. The van der Waals surface area contributed by atoms with Crippen molar-refractivity contribution >= 4 is 5.91 Å². The SMILES string of the molecule is COc1ccc(CNC(=O)CCC2CCCN(Cc3ccncc3)C2)c(OC)c1. The van der Waals surface area contributed by atoms with Gasteiger partial charge in [-0.25, -0.2) is 0 Å². The Morgan fingerprint density at radius 1 is 1.21 bits per heavy atom. The third kappa shape index (κ3) is 6.46. The summed E-state index contributed by atoms with van der Waals surface area (Å²) >= 11 is 0. The van der Waals surface area contributed by atoms with Crippen LogP contribution in [0.1, 0.15) is 36.8 Å². The molecule has 0 saturated carbocycles. The Kier molecular flexibility index (Phi) is 7.87. The van der Waals surface area contributed by atoms with Crippen molar-refractivity contribution < 1.29 is 14.3 Å². The summed E-state index contributed by atoms with van der Waals surface area (Å²) in [4.78, 5) is 18.9. The highest BCUT2D eigenvalue weighted by atomic mass is 16.5. The first-order valence-electron chi connectivity index (χ1n) is 10.3.